The van der Waals surface area contributed by atoms with E-state index in [0.29, 0.717) is 0 Å². The molecule has 2 saturated heterocycles. The maximum Gasteiger partial charge on any atom is 0.351 e. The van der Waals surface area contributed by atoms with Gasteiger partial charge in [-0.15, -0.1) is 0 Å². The van der Waals surface area contributed by atoms with E-state index in [2.05, 4.69) is 4.98 Å². The Balaban J connectivity index is 1.80. The average Bonchev–Trinajstić information content (AvgIpc) is 2.47. The van der Waals surface area contributed by atoms with Crippen LogP contribution in [0.4, 0.5) is 5.82 Å². The third-order valence-corrected chi connectivity index (χ3v) is 4.19. The molecule has 2 aliphatic rings. The maximum atomic E-state index is 11.9. The average molecular weight is 295 g/mol. The molecule has 3 heterocycles. The molecule has 0 unspecified atom stereocenters. The van der Waals surface area contributed by atoms with Crippen LogP contribution in [-0.2, 0) is 9.47 Å². The highest BCUT2D eigenvalue weighted by molar-refractivity contribution is 5.23. The molecule has 3 N–H and O–H groups in total. The lowest BCUT2D eigenvalue weighted by molar-refractivity contribution is -0.331. The lowest BCUT2D eigenvalue weighted by Gasteiger charge is -2.45. The fourth-order valence-electron chi connectivity index (χ4n) is 3.17. The Labute approximate surface area is 122 Å². The number of hydrogen-bond acceptors (Lipinski definition) is 6. The summed E-state index contributed by atoms with van der Waals surface area (Å²) >= 11 is 0. The Kier molecular flexibility index (Phi) is 3.97. The molecule has 2 fully saturated rings. The molecule has 0 saturated carbocycles. The molecule has 1 spiro atoms. The van der Waals surface area contributed by atoms with Gasteiger partial charge in [0, 0.05) is 19.0 Å². The lowest BCUT2D eigenvalue weighted by atomic mass is 9.94. The number of nitrogens with zero attached hydrogens (tertiary/aromatic N) is 2. The highest BCUT2D eigenvalue weighted by Gasteiger charge is 2.43. The Bertz CT molecular complexity index is 557. The largest absolute Gasteiger partial charge is 0.394 e. The molecule has 1 aromatic rings. The van der Waals surface area contributed by atoms with Crippen molar-refractivity contribution in [2.75, 3.05) is 12.3 Å². The van der Waals surface area contributed by atoms with Crippen LogP contribution in [0.15, 0.2) is 17.1 Å². The van der Waals surface area contributed by atoms with Crippen LogP contribution in [-0.4, -0.2) is 33.2 Å². The van der Waals surface area contributed by atoms with Crippen molar-refractivity contribution in [1.82, 2.24) is 9.55 Å². The maximum absolute atomic E-state index is 11.9. The summed E-state index contributed by atoms with van der Waals surface area (Å²) in [4.78, 5) is 15.7. The van der Waals surface area contributed by atoms with Gasteiger partial charge in [-0.3, -0.25) is 4.57 Å². The topological polar surface area (TPSA) is 99.6 Å². The minimum absolute atomic E-state index is 0.000842. The third kappa shape index (κ3) is 2.95. The molecular formula is C14H21N3O4. The Morgan fingerprint density at radius 3 is 2.86 bits per heavy atom. The van der Waals surface area contributed by atoms with Crippen LogP contribution >= 0.6 is 0 Å². The van der Waals surface area contributed by atoms with Gasteiger partial charge < -0.3 is 20.3 Å². The first-order valence-corrected chi connectivity index (χ1v) is 7.43. The van der Waals surface area contributed by atoms with Gasteiger partial charge >= 0.3 is 5.69 Å². The summed E-state index contributed by atoms with van der Waals surface area (Å²) < 4.78 is 13.5. The molecular weight excluding hydrogens is 274 g/mol. The van der Waals surface area contributed by atoms with Crippen LogP contribution in [0.5, 0.6) is 0 Å². The molecule has 0 aliphatic carbocycles. The fraction of sp³-hybridized carbons (Fsp3) is 0.714. The van der Waals surface area contributed by atoms with Gasteiger partial charge in [-0.05, 0) is 31.7 Å². The van der Waals surface area contributed by atoms with Crippen LogP contribution in [0.25, 0.3) is 0 Å². The van der Waals surface area contributed by atoms with Gasteiger partial charge in [0.25, 0.3) is 0 Å². The van der Waals surface area contributed by atoms with Crippen molar-refractivity contribution in [3.8, 4) is 0 Å². The molecule has 1 aromatic heterocycles. The van der Waals surface area contributed by atoms with E-state index >= 15 is 0 Å². The molecule has 0 bridgehead atoms. The number of rotatable bonds is 2. The van der Waals surface area contributed by atoms with Crippen molar-refractivity contribution in [2.45, 2.75) is 56.6 Å². The smallest absolute Gasteiger partial charge is 0.351 e. The van der Waals surface area contributed by atoms with Crippen LogP contribution in [0.2, 0.25) is 0 Å². The monoisotopic (exact) mass is 295 g/mol. The fourth-order valence-corrected chi connectivity index (χ4v) is 3.17. The first-order valence-electron chi connectivity index (χ1n) is 7.43. The van der Waals surface area contributed by atoms with Gasteiger partial charge in [0.2, 0.25) is 0 Å². The van der Waals surface area contributed by atoms with E-state index in [0.717, 1.165) is 38.5 Å². The molecule has 7 nitrogen and oxygen atoms in total. The summed E-state index contributed by atoms with van der Waals surface area (Å²) in [6.45, 7) is -0.000842. The Hall–Kier alpha value is -1.44. The van der Waals surface area contributed by atoms with Gasteiger partial charge in [0.05, 0.1) is 12.7 Å². The first-order chi connectivity index (χ1) is 10.1. The van der Waals surface area contributed by atoms with Gasteiger partial charge in [0.15, 0.2) is 5.79 Å². The molecule has 116 valence electrons. The molecule has 3 atom stereocenters. The van der Waals surface area contributed by atoms with E-state index < -0.39 is 17.7 Å². The van der Waals surface area contributed by atoms with Crippen molar-refractivity contribution in [3.05, 3.63) is 22.7 Å². The third-order valence-electron chi connectivity index (χ3n) is 4.19. The number of anilines is 1. The zero-order chi connectivity index (χ0) is 14.9. The predicted molar refractivity (Wildman–Crippen MR) is 75.4 cm³/mol. The van der Waals surface area contributed by atoms with Crippen LogP contribution < -0.4 is 11.4 Å². The van der Waals surface area contributed by atoms with Gasteiger partial charge in [-0.1, -0.05) is 0 Å². The van der Waals surface area contributed by atoms with Crippen molar-refractivity contribution >= 4 is 5.82 Å². The van der Waals surface area contributed by atoms with E-state index in [9.17, 15) is 9.90 Å². The van der Waals surface area contributed by atoms with E-state index in [1.54, 1.807) is 12.3 Å². The van der Waals surface area contributed by atoms with Crippen LogP contribution in [0.3, 0.4) is 0 Å². The van der Waals surface area contributed by atoms with Gasteiger partial charge in [-0.25, -0.2) is 4.79 Å². The highest BCUT2D eigenvalue weighted by atomic mass is 16.7. The minimum atomic E-state index is -0.685. The molecule has 7 heteroatoms. The second-order valence-electron chi connectivity index (χ2n) is 5.73. The van der Waals surface area contributed by atoms with Crippen LogP contribution in [0, 0.1) is 0 Å². The quantitative estimate of drug-likeness (QED) is 0.836. The number of nitrogens with two attached hydrogens (primary N) is 1. The number of nitrogen functional groups attached to an aromatic ring is 1. The summed E-state index contributed by atoms with van der Waals surface area (Å²) in [5, 5.41) is 9.30. The number of ether oxygens (including phenoxy) is 2. The number of aliphatic hydroxyl groups excluding tert-OH is 1. The molecule has 0 aromatic carbocycles. The number of aromatic nitrogens is 2. The first kappa shape index (κ1) is 14.5. The SMILES string of the molecule is Nc1ccn([C@@H]2CCC[C@]3(CCC[C@@H](CO)O3)O2)c(=O)n1. The van der Waals surface area contributed by atoms with E-state index in [1.165, 1.54) is 4.57 Å². The van der Waals surface area contributed by atoms with E-state index in [1.807, 2.05) is 0 Å². The van der Waals surface area contributed by atoms with Crippen molar-refractivity contribution in [1.29, 1.82) is 0 Å². The van der Waals surface area contributed by atoms with Gasteiger partial charge in [0.1, 0.15) is 12.0 Å². The molecule has 2 aliphatic heterocycles. The Morgan fingerprint density at radius 1 is 1.38 bits per heavy atom. The zero-order valence-electron chi connectivity index (χ0n) is 11.9. The summed E-state index contributed by atoms with van der Waals surface area (Å²) in [5.74, 6) is -0.480. The van der Waals surface area contributed by atoms with E-state index in [-0.39, 0.29) is 18.5 Å². The summed E-state index contributed by atoms with van der Waals surface area (Å²) in [6, 6.07) is 1.59. The lowest BCUT2D eigenvalue weighted by Crippen LogP contribution is -2.48. The highest BCUT2D eigenvalue weighted by Crippen LogP contribution is 2.41. The second kappa shape index (κ2) is 5.75. The second-order valence-corrected chi connectivity index (χ2v) is 5.73. The summed E-state index contributed by atoms with van der Waals surface area (Å²) in [5.41, 5.74) is 5.10. The normalized spacial score (nSPS) is 33.2. The zero-order valence-corrected chi connectivity index (χ0v) is 11.9. The van der Waals surface area contributed by atoms with Crippen molar-refractivity contribution in [2.24, 2.45) is 0 Å². The van der Waals surface area contributed by atoms with Crippen molar-refractivity contribution < 1.29 is 14.6 Å². The number of aliphatic hydroxyl groups is 1. The molecule has 3 rings (SSSR count). The summed E-state index contributed by atoms with van der Waals surface area (Å²) in [7, 11) is 0. The van der Waals surface area contributed by atoms with Crippen molar-refractivity contribution in [3.63, 3.8) is 0 Å². The minimum Gasteiger partial charge on any atom is -0.394 e. The van der Waals surface area contributed by atoms with E-state index in [4.69, 9.17) is 15.2 Å². The van der Waals surface area contributed by atoms with Gasteiger partial charge in [-0.2, -0.15) is 4.98 Å². The Morgan fingerprint density at radius 2 is 2.14 bits per heavy atom. The number of hydrogen-bond donors (Lipinski definition) is 2. The molecule has 0 radical (unpaired) electrons. The van der Waals surface area contributed by atoms with Crippen LogP contribution in [0.1, 0.15) is 44.8 Å². The molecule has 0 amide bonds. The predicted octanol–water partition coefficient (Wildman–Crippen LogP) is 0.782. The molecule has 21 heavy (non-hydrogen) atoms. The summed E-state index contributed by atoms with van der Waals surface area (Å²) in [6.07, 6.45) is 6.05. The standard InChI is InChI=1S/C14H21N3O4/c15-11-5-8-17(13(19)16-11)12-4-2-7-14(21-12)6-1-3-10(9-18)20-14/h5,8,10,12,18H,1-4,6-7,9H2,(H2,15,16,19)/t10-,12-,14-/m0/s1.